The standard InChI is InChI=1S/C13H17BN2O4/c1-12(2)13(3,4)20-14(19-12)8-7-10-5-6-11(9-15-10)16(17)18/h5-9H,1-4H3/b8-7+. The molecule has 0 aliphatic carbocycles. The third kappa shape index (κ3) is 2.89. The first kappa shape index (κ1) is 14.7. The van der Waals surface area contributed by atoms with Gasteiger partial charge in [-0.3, -0.25) is 10.1 Å². The van der Waals surface area contributed by atoms with Crippen LogP contribution in [0.15, 0.2) is 24.3 Å². The molecule has 1 aliphatic rings. The molecule has 0 atom stereocenters. The van der Waals surface area contributed by atoms with Gasteiger partial charge in [0.1, 0.15) is 6.20 Å². The maximum absolute atomic E-state index is 10.5. The number of hydrogen-bond donors (Lipinski definition) is 0. The quantitative estimate of drug-likeness (QED) is 0.482. The summed E-state index contributed by atoms with van der Waals surface area (Å²) in [7, 11) is -0.447. The fourth-order valence-corrected chi connectivity index (χ4v) is 1.75. The summed E-state index contributed by atoms with van der Waals surface area (Å²) < 4.78 is 11.6. The minimum atomic E-state index is -0.477. The van der Waals surface area contributed by atoms with Crippen molar-refractivity contribution in [3.63, 3.8) is 0 Å². The Morgan fingerprint density at radius 2 is 1.85 bits per heavy atom. The molecule has 0 radical (unpaired) electrons. The van der Waals surface area contributed by atoms with Crippen LogP contribution in [-0.4, -0.2) is 28.2 Å². The Labute approximate surface area is 118 Å². The minimum absolute atomic E-state index is 0.0298. The molecule has 0 aromatic carbocycles. The molecule has 106 valence electrons. The smallest absolute Gasteiger partial charge is 0.400 e. The van der Waals surface area contributed by atoms with Gasteiger partial charge >= 0.3 is 7.12 Å². The zero-order valence-corrected chi connectivity index (χ0v) is 12.0. The molecular formula is C13H17BN2O4. The summed E-state index contributed by atoms with van der Waals surface area (Å²) in [5.41, 5.74) is -0.182. The molecule has 6 nitrogen and oxygen atoms in total. The number of pyridine rings is 1. The number of aromatic nitrogens is 1. The van der Waals surface area contributed by atoms with Crippen LogP contribution in [0.2, 0.25) is 0 Å². The summed E-state index contributed by atoms with van der Waals surface area (Å²) in [5.74, 6) is 1.75. The lowest BCUT2D eigenvalue weighted by Gasteiger charge is -2.32. The van der Waals surface area contributed by atoms with Crippen molar-refractivity contribution in [3.05, 3.63) is 40.1 Å². The van der Waals surface area contributed by atoms with Crippen molar-refractivity contribution in [1.29, 1.82) is 0 Å². The number of hydrogen-bond acceptors (Lipinski definition) is 5. The zero-order valence-electron chi connectivity index (χ0n) is 12.0. The van der Waals surface area contributed by atoms with E-state index in [2.05, 4.69) is 4.98 Å². The highest BCUT2D eigenvalue weighted by Crippen LogP contribution is 2.36. The normalized spacial score (nSPS) is 20.5. The van der Waals surface area contributed by atoms with E-state index in [-0.39, 0.29) is 16.9 Å². The highest BCUT2D eigenvalue weighted by molar-refractivity contribution is 6.52. The molecule has 0 saturated carbocycles. The van der Waals surface area contributed by atoms with Gasteiger partial charge in [0.05, 0.1) is 21.8 Å². The first-order valence-corrected chi connectivity index (χ1v) is 6.35. The van der Waals surface area contributed by atoms with Crippen LogP contribution in [0.4, 0.5) is 5.69 Å². The van der Waals surface area contributed by atoms with E-state index in [9.17, 15) is 10.1 Å². The highest BCUT2D eigenvalue weighted by Gasteiger charge is 2.49. The van der Waals surface area contributed by atoms with Crippen LogP contribution in [0, 0.1) is 10.1 Å². The summed E-state index contributed by atoms with van der Waals surface area (Å²) in [6.07, 6.45) is 2.95. The Balaban J connectivity index is 2.06. The minimum Gasteiger partial charge on any atom is -0.400 e. The molecule has 1 aromatic rings. The van der Waals surface area contributed by atoms with E-state index in [4.69, 9.17) is 9.31 Å². The molecule has 1 fully saturated rings. The van der Waals surface area contributed by atoms with E-state index in [1.165, 1.54) is 12.3 Å². The van der Waals surface area contributed by atoms with Crippen LogP contribution in [0.1, 0.15) is 33.4 Å². The van der Waals surface area contributed by atoms with Crippen LogP contribution >= 0.6 is 0 Å². The van der Waals surface area contributed by atoms with Crippen LogP contribution < -0.4 is 0 Å². The summed E-state index contributed by atoms with van der Waals surface area (Å²) in [6.45, 7) is 7.91. The molecule has 7 heteroatoms. The fourth-order valence-electron chi connectivity index (χ4n) is 1.75. The molecule has 1 saturated heterocycles. The molecule has 20 heavy (non-hydrogen) atoms. The van der Waals surface area contributed by atoms with Gasteiger partial charge in [-0.2, -0.15) is 0 Å². The molecule has 1 aliphatic heterocycles. The third-order valence-electron chi connectivity index (χ3n) is 3.68. The first-order chi connectivity index (χ1) is 9.21. The summed E-state index contributed by atoms with van der Waals surface area (Å²) in [4.78, 5) is 14.0. The highest BCUT2D eigenvalue weighted by atomic mass is 16.7. The largest absolute Gasteiger partial charge is 0.487 e. The van der Waals surface area contributed by atoms with Crippen molar-refractivity contribution in [2.75, 3.05) is 0 Å². The molecule has 0 unspecified atom stereocenters. The molecular weight excluding hydrogens is 259 g/mol. The number of nitrogens with zero attached hydrogens (tertiary/aromatic N) is 2. The molecule has 2 rings (SSSR count). The van der Waals surface area contributed by atoms with Crippen LogP contribution in [-0.2, 0) is 9.31 Å². The molecule has 1 aromatic heterocycles. The summed E-state index contributed by atoms with van der Waals surface area (Å²) >= 11 is 0. The molecule has 0 N–H and O–H groups in total. The Bertz CT molecular complexity index is 524. The van der Waals surface area contributed by atoms with Gasteiger partial charge < -0.3 is 9.31 Å². The predicted molar refractivity (Wildman–Crippen MR) is 76.0 cm³/mol. The van der Waals surface area contributed by atoms with Gasteiger partial charge in [-0.15, -0.1) is 0 Å². The lowest BCUT2D eigenvalue weighted by molar-refractivity contribution is -0.385. The molecule has 0 amide bonds. The lowest BCUT2D eigenvalue weighted by atomic mass is 9.89. The van der Waals surface area contributed by atoms with E-state index in [1.807, 2.05) is 27.7 Å². The Kier molecular flexibility index (Phi) is 3.66. The van der Waals surface area contributed by atoms with Crippen molar-refractivity contribution < 1.29 is 14.2 Å². The van der Waals surface area contributed by atoms with Crippen LogP contribution in [0.5, 0.6) is 0 Å². The first-order valence-electron chi connectivity index (χ1n) is 6.35. The Hall–Kier alpha value is -1.73. The Morgan fingerprint density at radius 1 is 1.25 bits per heavy atom. The predicted octanol–water partition coefficient (Wildman–Crippen LogP) is 2.63. The molecule has 2 heterocycles. The second-order valence-electron chi connectivity index (χ2n) is 5.68. The van der Waals surface area contributed by atoms with Gasteiger partial charge in [-0.25, -0.2) is 4.98 Å². The topological polar surface area (TPSA) is 74.5 Å². The third-order valence-corrected chi connectivity index (χ3v) is 3.68. The fraction of sp³-hybridized carbons (Fsp3) is 0.462. The van der Waals surface area contributed by atoms with Crippen molar-refractivity contribution in [1.82, 2.24) is 4.98 Å². The van der Waals surface area contributed by atoms with Gasteiger partial charge in [-0.05, 0) is 39.8 Å². The zero-order chi connectivity index (χ0) is 15.0. The van der Waals surface area contributed by atoms with Gasteiger partial charge in [0.25, 0.3) is 5.69 Å². The number of rotatable bonds is 3. The van der Waals surface area contributed by atoms with Crippen molar-refractivity contribution >= 4 is 18.9 Å². The second kappa shape index (κ2) is 4.99. The molecule has 0 spiro atoms. The SMILES string of the molecule is CC1(C)OB(/C=C/c2ccc([N+](=O)[O-])cn2)OC1(C)C. The average molecular weight is 276 g/mol. The van der Waals surface area contributed by atoms with Gasteiger partial charge in [0.15, 0.2) is 0 Å². The van der Waals surface area contributed by atoms with Crippen molar-refractivity contribution in [2.45, 2.75) is 38.9 Å². The monoisotopic (exact) mass is 276 g/mol. The maximum atomic E-state index is 10.5. The van der Waals surface area contributed by atoms with E-state index in [1.54, 1.807) is 18.1 Å². The van der Waals surface area contributed by atoms with E-state index < -0.39 is 12.0 Å². The van der Waals surface area contributed by atoms with Crippen LogP contribution in [0.25, 0.3) is 6.08 Å². The van der Waals surface area contributed by atoms with Crippen LogP contribution in [0.3, 0.4) is 0 Å². The lowest BCUT2D eigenvalue weighted by Crippen LogP contribution is -2.41. The van der Waals surface area contributed by atoms with E-state index in [0.29, 0.717) is 5.69 Å². The second-order valence-corrected chi connectivity index (χ2v) is 5.68. The average Bonchev–Trinajstić information content (AvgIpc) is 2.56. The van der Waals surface area contributed by atoms with Crippen molar-refractivity contribution in [3.8, 4) is 0 Å². The maximum Gasteiger partial charge on any atom is 0.487 e. The van der Waals surface area contributed by atoms with E-state index in [0.717, 1.165) is 0 Å². The summed E-state index contributed by atoms with van der Waals surface area (Å²) in [5, 5.41) is 10.5. The van der Waals surface area contributed by atoms with E-state index >= 15 is 0 Å². The summed E-state index contributed by atoms with van der Waals surface area (Å²) in [6, 6.07) is 3.00. The van der Waals surface area contributed by atoms with Gasteiger partial charge in [0, 0.05) is 6.07 Å². The van der Waals surface area contributed by atoms with Gasteiger partial charge in [0.2, 0.25) is 0 Å². The van der Waals surface area contributed by atoms with Crippen molar-refractivity contribution in [2.24, 2.45) is 0 Å². The molecule has 0 bridgehead atoms. The van der Waals surface area contributed by atoms with Gasteiger partial charge in [-0.1, -0.05) is 5.98 Å². The Morgan fingerprint density at radius 3 is 2.30 bits per heavy atom. The number of nitro groups is 1.